The lowest BCUT2D eigenvalue weighted by Gasteiger charge is -2.16. The Labute approximate surface area is 158 Å². The number of rotatable bonds is 2. The molecule has 0 spiro atoms. The van der Waals surface area contributed by atoms with Crippen LogP contribution in [0, 0.1) is 20.8 Å². The van der Waals surface area contributed by atoms with Crippen LogP contribution in [0.4, 0.5) is 21.0 Å². The lowest BCUT2D eigenvalue weighted by molar-refractivity contribution is 0.202. The molecule has 0 heterocycles. The summed E-state index contributed by atoms with van der Waals surface area (Å²) < 4.78 is 0. The molecule has 2 aromatic rings. The van der Waals surface area contributed by atoms with E-state index in [1.54, 1.807) is 31.3 Å². The molecule has 0 fully saturated rings. The maximum absolute atomic E-state index is 10.7. The zero-order valence-electron chi connectivity index (χ0n) is 15.4. The topological polar surface area (TPSA) is 81.1 Å². The standard InChI is InChI=1S/C11H15NO2.C8H8ClNO2/c1-7-5-10(12(4)11(13)14)6-8(2)9(7)3;1-10(8(11)12)7-5-3-2-4-6(7)9/h5-6H,1-4H3,(H,13,14);2-5H,1H3,(H,11,12). The molecule has 2 aromatic carbocycles. The van der Waals surface area contributed by atoms with E-state index in [-0.39, 0.29) is 0 Å². The average molecular weight is 379 g/mol. The molecule has 0 aliphatic heterocycles. The van der Waals surface area contributed by atoms with Gasteiger partial charge in [0.05, 0.1) is 10.7 Å². The van der Waals surface area contributed by atoms with Crippen molar-refractivity contribution in [3.05, 3.63) is 58.1 Å². The largest absolute Gasteiger partial charge is 0.465 e. The van der Waals surface area contributed by atoms with Crippen molar-refractivity contribution in [1.29, 1.82) is 0 Å². The van der Waals surface area contributed by atoms with Gasteiger partial charge in [-0.2, -0.15) is 0 Å². The Hall–Kier alpha value is -2.73. The van der Waals surface area contributed by atoms with Gasteiger partial charge in [-0.05, 0) is 61.7 Å². The first kappa shape index (κ1) is 21.3. The van der Waals surface area contributed by atoms with Gasteiger partial charge in [0.1, 0.15) is 0 Å². The maximum atomic E-state index is 10.7. The van der Waals surface area contributed by atoms with Crippen LogP contribution in [0.2, 0.25) is 5.02 Å². The van der Waals surface area contributed by atoms with Gasteiger partial charge < -0.3 is 10.2 Å². The lowest BCUT2D eigenvalue weighted by Crippen LogP contribution is -2.23. The molecule has 0 radical (unpaired) electrons. The minimum absolute atomic E-state index is 0.433. The number of halogens is 1. The third-order valence-electron chi connectivity index (χ3n) is 4.09. The summed E-state index contributed by atoms with van der Waals surface area (Å²) in [4.78, 5) is 23.5. The fourth-order valence-corrected chi connectivity index (χ4v) is 2.41. The van der Waals surface area contributed by atoms with Crippen molar-refractivity contribution < 1.29 is 19.8 Å². The highest BCUT2D eigenvalue weighted by Crippen LogP contribution is 2.24. The van der Waals surface area contributed by atoms with Gasteiger partial charge in [0.25, 0.3) is 0 Å². The number of para-hydroxylation sites is 1. The second-order valence-corrected chi connectivity index (χ2v) is 6.25. The van der Waals surface area contributed by atoms with E-state index in [9.17, 15) is 9.59 Å². The van der Waals surface area contributed by atoms with Gasteiger partial charge in [0.2, 0.25) is 0 Å². The van der Waals surface area contributed by atoms with Crippen molar-refractivity contribution in [2.45, 2.75) is 20.8 Å². The van der Waals surface area contributed by atoms with Crippen LogP contribution < -0.4 is 9.80 Å². The Morgan fingerprint density at radius 1 is 0.885 bits per heavy atom. The van der Waals surface area contributed by atoms with Crippen molar-refractivity contribution in [1.82, 2.24) is 0 Å². The van der Waals surface area contributed by atoms with E-state index >= 15 is 0 Å². The Kier molecular flexibility index (Phi) is 7.46. The molecule has 0 aliphatic carbocycles. The Balaban J connectivity index is 0.000000263. The molecule has 2 amide bonds. The van der Waals surface area contributed by atoms with Crippen LogP contribution in [0.25, 0.3) is 0 Å². The monoisotopic (exact) mass is 378 g/mol. The van der Waals surface area contributed by atoms with E-state index in [2.05, 4.69) is 0 Å². The van der Waals surface area contributed by atoms with E-state index in [1.165, 1.54) is 17.5 Å². The number of carboxylic acid groups (broad SMARTS) is 2. The van der Waals surface area contributed by atoms with Crippen LogP contribution in [0.1, 0.15) is 16.7 Å². The summed E-state index contributed by atoms with van der Waals surface area (Å²) in [6, 6.07) is 10.6. The van der Waals surface area contributed by atoms with Crippen LogP contribution in [-0.2, 0) is 0 Å². The molecule has 0 saturated carbocycles. The average Bonchev–Trinajstić information content (AvgIpc) is 2.58. The molecule has 0 atom stereocenters. The highest BCUT2D eigenvalue weighted by atomic mass is 35.5. The molecule has 0 unspecified atom stereocenters. The van der Waals surface area contributed by atoms with E-state index in [1.807, 2.05) is 32.9 Å². The Bertz CT molecular complexity index is 785. The zero-order valence-corrected chi connectivity index (χ0v) is 16.2. The quantitative estimate of drug-likeness (QED) is 0.754. The summed E-state index contributed by atoms with van der Waals surface area (Å²) in [7, 11) is 3.00. The van der Waals surface area contributed by atoms with Gasteiger partial charge in [-0.3, -0.25) is 9.80 Å². The summed E-state index contributed by atoms with van der Waals surface area (Å²) in [5, 5.41) is 17.9. The van der Waals surface area contributed by atoms with E-state index in [4.69, 9.17) is 21.8 Å². The predicted molar refractivity (Wildman–Crippen MR) is 105 cm³/mol. The summed E-state index contributed by atoms with van der Waals surface area (Å²) in [6.07, 6.45) is -1.96. The van der Waals surface area contributed by atoms with E-state index < -0.39 is 12.2 Å². The second-order valence-electron chi connectivity index (χ2n) is 5.84. The minimum Gasteiger partial charge on any atom is -0.465 e. The van der Waals surface area contributed by atoms with Crippen molar-refractivity contribution in [2.24, 2.45) is 0 Å². The maximum Gasteiger partial charge on any atom is 0.411 e. The number of carbonyl (C=O) groups is 2. The minimum atomic E-state index is -1.02. The number of benzene rings is 2. The van der Waals surface area contributed by atoms with Crippen molar-refractivity contribution in [3.8, 4) is 0 Å². The number of amides is 2. The third-order valence-corrected chi connectivity index (χ3v) is 4.41. The van der Waals surface area contributed by atoms with Crippen LogP contribution in [-0.4, -0.2) is 36.5 Å². The first-order chi connectivity index (χ1) is 12.1. The van der Waals surface area contributed by atoms with Gasteiger partial charge >= 0.3 is 12.2 Å². The Morgan fingerprint density at radius 3 is 1.77 bits per heavy atom. The van der Waals surface area contributed by atoms with Gasteiger partial charge in [0.15, 0.2) is 0 Å². The van der Waals surface area contributed by atoms with Crippen molar-refractivity contribution >= 4 is 35.2 Å². The lowest BCUT2D eigenvalue weighted by atomic mass is 10.0. The molecule has 2 N–H and O–H groups in total. The first-order valence-corrected chi connectivity index (χ1v) is 8.19. The van der Waals surface area contributed by atoms with Gasteiger partial charge in [0, 0.05) is 19.8 Å². The number of nitrogens with zero attached hydrogens (tertiary/aromatic N) is 2. The second kappa shape index (κ2) is 9.10. The molecular weight excluding hydrogens is 356 g/mol. The molecule has 0 aliphatic rings. The van der Waals surface area contributed by atoms with Crippen LogP contribution in [0.5, 0.6) is 0 Å². The molecule has 2 rings (SSSR count). The van der Waals surface area contributed by atoms with Crippen molar-refractivity contribution in [3.63, 3.8) is 0 Å². The van der Waals surface area contributed by atoms with Gasteiger partial charge in [-0.1, -0.05) is 23.7 Å². The van der Waals surface area contributed by atoms with Crippen molar-refractivity contribution in [2.75, 3.05) is 23.9 Å². The van der Waals surface area contributed by atoms with Gasteiger partial charge in [-0.25, -0.2) is 9.59 Å². The molecule has 7 heteroatoms. The smallest absolute Gasteiger partial charge is 0.411 e. The number of aryl methyl sites for hydroxylation is 2. The van der Waals surface area contributed by atoms with E-state index in [0.717, 1.165) is 21.7 Å². The van der Waals surface area contributed by atoms with Crippen LogP contribution >= 0.6 is 11.6 Å². The fraction of sp³-hybridized carbons (Fsp3) is 0.263. The fourth-order valence-electron chi connectivity index (χ4n) is 2.14. The predicted octanol–water partition coefficient (Wildman–Crippen LogP) is 5.18. The number of hydrogen-bond acceptors (Lipinski definition) is 2. The molecule has 140 valence electrons. The summed E-state index contributed by atoms with van der Waals surface area (Å²) >= 11 is 5.76. The molecule has 6 nitrogen and oxygen atoms in total. The molecule has 26 heavy (non-hydrogen) atoms. The third kappa shape index (κ3) is 5.39. The highest BCUT2D eigenvalue weighted by Gasteiger charge is 2.11. The summed E-state index contributed by atoms with van der Waals surface area (Å²) in [6.45, 7) is 6.01. The molecule has 0 saturated heterocycles. The molecular formula is C19H23ClN2O4. The van der Waals surface area contributed by atoms with E-state index in [0.29, 0.717) is 10.7 Å². The normalized spacial score (nSPS) is 9.77. The van der Waals surface area contributed by atoms with Gasteiger partial charge in [-0.15, -0.1) is 0 Å². The summed E-state index contributed by atoms with van der Waals surface area (Å²) in [5.74, 6) is 0. The number of hydrogen-bond donors (Lipinski definition) is 2. The molecule has 0 bridgehead atoms. The molecule has 0 aromatic heterocycles. The van der Waals surface area contributed by atoms with Crippen LogP contribution in [0.3, 0.4) is 0 Å². The van der Waals surface area contributed by atoms with Crippen LogP contribution in [0.15, 0.2) is 36.4 Å². The first-order valence-electron chi connectivity index (χ1n) is 7.82. The highest BCUT2D eigenvalue weighted by molar-refractivity contribution is 6.33. The summed E-state index contributed by atoms with van der Waals surface area (Å²) in [5.41, 5.74) is 4.67. The zero-order chi connectivity index (χ0) is 20.0. The SMILES string of the molecule is CN(C(=O)O)c1ccccc1Cl.Cc1cc(N(C)C(=O)O)cc(C)c1C. The Morgan fingerprint density at radius 2 is 1.35 bits per heavy atom. The number of anilines is 2.